The molecular formula is C32H38ClFN8O2. The van der Waals surface area contributed by atoms with E-state index in [1.54, 1.807) is 24.1 Å². The molecule has 2 amide bonds. The van der Waals surface area contributed by atoms with Crippen LogP contribution in [0.5, 0.6) is 0 Å². The molecule has 0 unspecified atom stereocenters. The first kappa shape index (κ1) is 32.5. The summed E-state index contributed by atoms with van der Waals surface area (Å²) in [6.45, 7) is 14.8. The fourth-order valence-corrected chi connectivity index (χ4v) is 5.77. The van der Waals surface area contributed by atoms with Gasteiger partial charge in [0.15, 0.2) is 5.82 Å². The highest BCUT2D eigenvalue weighted by Gasteiger charge is 2.33. The lowest BCUT2D eigenvalue weighted by atomic mass is 10.00. The maximum atomic E-state index is 15.2. The Labute approximate surface area is 262 Å². The molecule has 10 nitrogen and oxygen atoms in total. The van der Waals surface area contributed by atoms with Gasteiger partial charge < -0.3 is 15.5 Å². The fourth-order valence-electron chi connectivity index (χ4n) is 5.53. The van der Waals surface area contributed by atoms with Crippen LogP contribution in [0.1, 0.15) is 63.4 Å². The lowest BCUT2D eigenvalue weighted by Gasteiger charge is -2.41. The molecule has 12 heteroatoms. The molecule has 0 bridgehead atoms. The minimum absolute atomic E-state index is 0.0220. The number of benzene rings is 1. The Hall–Kier alpha value is -4.38. The Morgan fingerprint density at radius 2 is 1.86 bits per heavy atom. The molecule has 1 atom stereocenters. The summed E-state index contributed by atoms with van der Waals surface area (Å²) < 4.78 is 15.2. The molecule has 232 valence electrons. The highest BCUT2D eigenvalue weighted by molar-refractivity contribution is 6.34. The van der Waals surface area contributed by atoms with Crippen molar-refractivity contribution in [1.82, 2.24) is 24.8 Å². The maximum absolute atomic E-state index is 15.2. The van der Waals surface area contributed by atoms with E-state index in [-0.39, 0.29) is 51.6 Å². The number of nitrogen functional groups attached to an aromatic ring is 1. The standard InChI is InChI=1S/C32H38ClFN8O2/c1-8-25(44)41-13-12-40(15-20(41)6)31(36-7)21-14-22(33)29(26-23(34)10-9-11-24(26)35)39-32(21)42(17-43)30-27(18(2)3)37-16-38-28(30)19(4)5/h8-11,14,16-20H,1,12-13,15,35H2,2-7H3/t20-/m0/s1. The van der Waals surface area contributed by atoms with Crippen LogP contribution in [0.25, 0.3) is 11.3 Å². The zero-order valence-corrected chi connectivity index (χ0v) is 26.6. The summed E-state index contributed by atoms with van der Waals surface area (Å²) in [5.74, 6) is -0.227. The van der Waals surface area contributed by atoms with Crippen molar-refractivity contribution < 1.29 is 14.0 Å². The number of anilines is 3. The average Bonchev–Trinajstić information content (AvgIpc) is 2.99. The molecule has 0 radical (unpaired) electrons. The first-order chi connectivity index (χ1) is 20.9. The van der Waals surface area contributed by atoms with Crippen LogP contribution >= 0.6 is 11.6 Å². The van der Waals surface area contributed by atoms with Gasteiger partial charge in [-0.05, 0) is 43.0 Å². The molecule has 0 aliphatic carbocycles. The minimum Gasteiger partial charge on any atom is -0.398 e. The predicted octanol–water partition coefficient (Wildman–Crippen LogP) is 5.55. The van der Waals surface area contributed by atoms with Gasteiger partial charge in [-0.2, -0.15) is 0 Å². The van der Waals surface area contributed by atoms with E-state index in [0.29, 0.717) is 54.5 Å². The van der Waals surface area contributed by atoms with Crippen molar-refractivity contribution in [2.45, 2.75) is 52.5 Å². The van der Waals surface area contributed by atoms with E-state index in [1.165, 1.54) is 29.4 Å². The number of aliphatic imine (C=N–C) groups is 1. The smallest absolute Gasteiger partial charge is 0.246 e. The molecule has 2 aromatic heterocycles. The Kier molecular flexibility index (Phi) is 9.98. The van der Waals surface area contributed by atoms with Gasteiger partial charge >= 0.3 is 0 Å². The average molecular weight is 621 g/mol. The van der Waals surface area contributed by atoms with E-state index in [9.17, 15) is 9.59 Å². The van der Waals surface area contributed by atoms with Gasteiger partial charge in [-0.25, -0.2) is 19.3 Å². The van der Waals surface area contributed by atoms with Crippen molar-refractivity contribution >= 4 is 46.9 Å². The summed E-state index contributed by atoms with van der Waals surface area (Å²) in [7, 11) is 1.64. The number of carbonyl (C=O) groups excluding carboxylic acids is 2. The number of amides is 2. The molecule has 3 heterocycles. The molecule has 4 rings (SSSR count). The molecule has 1 fully saturated rings. The van der Waals surface area contributed by atoms with Crippen molar-refractivity contribution in [3.05, 3.63) is 71.0 Å². The van der Waals surface area contributed by atoms with Crippen LogP contribution in [-0.2, 0) is 9.59 Å². The van der Waals surface area contributed by atoms with Gasteiger partial charge in [0, 0.05) is 38.4 Å². The summed E-state index contributed by atoms with van der Waals surface area (Å²) >= 11 is 6.84. The van der Waals surface area contributed by atoms with Crippen LogP contribution in [0.2, 0.25) is 5.02 Å². The molecule has 0 spiro atoms. The van der Waals surface area contributed by atoms with Crippen LogP contribution in [-0.4, -0.2) is 75.6 Å². The zero-order chi connectivity index (χ0) is 32.3. The van der Waals surface area contributed by atoms with Crippen molar-refractivity contribution in [2.75, 3.05) is 37.3 Å². The minimum atomic E-state index is -0.606. The number of pyridine rings is 1. The highest BCUT2D eigenvalue weighted by atomic mass is 35.5. The Morgan fingerprint density at radius 3 is 2.39 bits per heavy atom. The van der Waals surface area contributed by atoms with Gasteiger partial charge in [-0.3, -0.25) is 19.5 Å². The lowest BCUT2D eigenvalue weighted by molar-refractivity contribution is -0.129. The van der Waals surface area contributed by atoms with Gasteiger partial charge in [-0.1, -0.05) is 51.9 Å². The van der Waals surface area contributed by atoms with E-state index >= 15 is 4.39 Å². The van der Waals surface area contributed by atoms with E-state index in [0.717, 1.165) is 0 Å². The molecule has 2 N–H and O–H groups in total. The van der Waals surface area contributed by atoms with Crippen molar-refractivity contribution in [3.63, 3.8) is 0 Å². The number of amidine groups is 1. The van der Waals surface area contributed by atoms with Crippen molar-refractivity contribution in [1.29, 1.82) is 0 Å². The van der Waals surface area contributed by atoms with Crippen molar-refractivity contribution in [3.8, 4) is 11.3 Å². The quantitative estimate of drug-likeness (QED) is 0.115. The molecule has 1 aliphatic heterocycles. The molecule has 1 aromatic carbocycles. The Balaban J connectivity index is 2.00. The second-order valence-corrected chi connectivity index (χ2v) is 11.7. The van der Waals surface area contributed by atoms with E-state index < -0.39 is 5.82 Å². The topological polar surface area (TPSA) is 121 Å². The molecule has 44 heavy (non-hydrogen) atoms. The van der Waals surface area contributed by atoms with Crippen molar-refractivity contribution in [2.24, 2.45) is 4.99 Å². The van der Waals surface area contributed by atoms with Gasteiger partial charge in [0.25, 0.3) is 0 Å². The first-order valence-electron chi connectivity index (χ1n) is 14.4. The maximum Gasteiger partial charge on any atom is 0.246 e. The summed E-state index contributed by atoms with van der Waals surface area (Å²) in [5.41, 5.74) is 8.67. The number of aromatic nitrogens is 3. The fraction of sp³-hybridized carbons (Fsp3) is 0.375. The third-order valence-corrected chi connectivity index (χ3v) is 7.91. The number of nitrogens with two attached hydrogens (primary N) is 1. The number of hydrogen-bond acceptors (Lipinski definition) is 7. The predicted molar refractivity (Wildman–Crippen MR) is 173 cm³/mol. The Morgan fingerprint density at radius 1 is 1.20 bits per heavy atom. The molecule has 1 saturated heterocycles. The summed E-state index contributed by atoms with van der Waals surface area (Å²) in [4.78, 5) is 49.3. The first-order valence-corrected chi connectivity index (χ1v) is 14.8. The molecule has 0 saturated carbocycles. The van der Waals surface area contributed by atoms with Gasteiger partial charge in [0.05, 0.1) is 38.9 Å². The Bertz CT molecular complexity index is 1560. The van der Waals surface area contributed by atoms with Crippen LogP contribution in [0.15, 0.2) is 48.2 Å². The number of piperazine rings is 1. The molecular weight excluding hydrogens is 583 g/mol. The third-order valence-electron chi connectivity index (χ3n) is 7.62. The van der Waals surface area contributed by atoms with E-state index in [1.807, 2.05) is 39.5 Å². The van der Waals surface area contributed by atoms with Crippen LogP contribution in [0.3, 0.4) is 0 Å². The van der Waals surface area contributed by atoms with Crippen LogP contribution in [0.4, 0.5) is 21.6 Å². The largest absolute Gasteiger partial charge is 0.398 e. The highest BCUT2D eigenvalue weighted by Crippen LogP contribution is 2.41. The number of rotatable bonds is 8. The molecule has 3 aromatic rings. The number of halogens is 2. The normalized spacial score (nSPS) is 15.6. The monoisotopic (exact) mass is 620 g/mol. The van der Waals surface area contributed by atoms with Gasteiger partial charge in [-0.15, -0.1) is 0 Å². The number of hydrogen-bond donors (Lipinski definition) is 1. The number of nitrogens with zero attached hydrogens (tertiary/aromatic N) is 7. The second kappa shape index (κ2) is 13.5. The summed E-state index contributed by atoms with van der Waals surface area (Å²) in [5, 5.41) is 0.124. The van der Waals surface area contributed by atoms with Gasteiger partial charge in [0.2, 0.25) is 12.3 Å². The van der Waals surface area contributed by atoms with Crippen LogP contribution < -0.4 is 10.6 Å². The SMILES string of the molecule is C=CC(=O)N1CCN(C(=NC)c2cc(Cl)c(-c3c(N)cccc3F)nc2N(C=O)c2c(C(C)C)ncnc2C(C)C)C[C@@H]1C. The molecule has 1 aliphatic rings. The zero-order valence-electron chi connectivity index (χ0n) is 25.9. The summed E-state index contributed by atoms with van der Waals surface area (Å²) in [6, 6.07) is 5.81. The van der Waals surface area contributed by atoms with E-state index in [2.05, 4.69) is 21.5 Å². The van der Waals surface area contributed by atoms with Crippen LogP contribution in [0, 0.1) is 5.82 Å². The number of carbonyl (C=O) groups is 2. The third kappa shape index (κ3) is 6.14. The second-order valence-electron chi connectivity index (χ2n) is 11.2. The van der Waals surface area contributed by atoms with E-state index in [4.69, 9.17) is 22.3 Å². The summed E-state index contributed by atoms with van der Waals surface area (Å²) in [6.07, 6.45) is 3.45. The lowest BCUT2D eigenvalue weighted by Crippen LogP contribution is -2.55. The van der Waals surface area contributed by atoms with Gasteiger partial charge in [0.1, 0.15) is 18.0 Å².